The lowest BCUT2D eigenvalue weighted by atomic mass is 10.1. The lowest BCUT2D eigenvalue weighted by Gasteiger charge is -2.31. The van der Waals surface area contributed by atoms with E-state index in [1.165, 1.54) is 0 Å². The van der Waals surface area contributed by atoms with Crippen molar-refractivity contribution in [1.29, 1.82) is 0 Å². The average molecular weight is 156 g/mol. The van der Waals surface area contributed by atoms with Crippen molar-refractivity contribution in [3.05, 3.63) is 0 Å². The van der Waals surface area contributed by atoms with Gasteiger partial charge in [0, 0.05) is 19.1 Å². The first-order valence-electron chi connectivity index (χ1n) is 4.10. The van der Waals surface area contributed by atoms with E-state index in [2.05, 4.69) is 37.7 Å². The Hall–Kier alpha value is -0.370. The SMILES string of the molecule is CN=CCCN(C)C(C)(C)C. The molecule has 0 aliphatic carbocycles. The first kappa shape index (κ1) is 10.6. The molecule has 0 amide bonds. The molecule has 0 fully saturated rings. The van der Waals surface area contributed by atoms with E-state index in [4.69, 9.17) is 0 Å². The van der Waals surface area contributed by atoms with E-state index in [0.29, 0.717) is 0 Å². The summed E-state index contributed by atoms with van der Waals surface area (Å²) in [5.41, 5.74) is 0.279. The summed E-state index contributed by atoms with van der Waals surface area (Å²) in [6.07, 6.45) is 3.01. The molecule has 0 saturated carbocycles. The largest absolute Gasteiger partial charge is 0.301 e. The first-order chi connectivity index (χ1) is 4.98. The van der Waals surface area contributed by atoms with Crippen LogP contribution in [0.1, 0.15) is 27.2 Å². The predicted molar refractivity (Wildman–Crippen MR) is 51.4 cm³/mol. The molecule has 2 nitrogen and oxygen atoms in total. The van der Waals surface area contributed by atoms with Crippen LogP contribution >= 0.6 is 0 Å². The monoisotopic (exact) mass is 156 g/mol. The minimum atomic E-state index is 0.279. The molecular formula is C9H20N2. The van der Waals surface area contributed by atoms with E-state index in [1.54, 1.807) is 0 Å². The Kier molecular flexibility index (Phi) is 4.34. The Morgan fingerprint density at radius 2 is 1.91 bits per heavy atom. The number of nitrogens with zero attached hydrogens (tertiary/aromatic N) is 2. The second kappa shape index (κ2) is 4.50. The fourth-order valence-corrected chi connectivity index (χ4v) is 0.716. The topological polar surface area (TPSA) is 15.6 Å². The van der Waals surface area contributed by atoms with Gasteiger partial charge in [-0.05, 0) is 40.5 Å². The van der Waals surface area contributed by atoms with Crippen molar-refractivity contribution >= 4 is 6.21 Å². The highest BCUT2D eigenvalue weighted by atomic mass is 15.1. The van der Waals surface area contributed by atoms with Crippen LogP contribution in [0, 0.1) is 0 Å². The van der Waals surface area contributed by atoms with Crippen LogP contribution in [0.2, 0.25) is 0 Å². The molecule has 0 aromatic rings. The highest BCUT2D eigenvalue weighted by Gasteiger charge is 2.15. The van der Waals surface area contributed by atoms with E-state index < -0.39 is 0 Å². The maximum atomic E-state index is 3.94. The van der Waals surface area contributed by atoms with Crippen LogP contribution in [0.5, 0.6) is 0 Å². The van der Waals surface area contributed by atoms with Crippen molar-refractivity contribution in [2.24, 2.45) is 4.99 Å². The third-order valence-electron chi connectivity index (χ3n) is 1.92. The summed E-state index contributed by atoms with van der Waals surface area (Å²) in [4.78, 5) is 6.27. The van der Waals surface area contributed by atoms with Crippen molar-refractivity contribution in [3.63, 3.8) is 0 Å². The van der Waals surface area contributed by atoms with E-state index in [1.807, 2.05) is 13.3 Å². The Balaban J connectivity index is 3.61. The summed E-state index contributed by atoms with van der Waals surface area (Å²) in [6, 6.07) is 0. The summed E-state index contributed by atoms with van der Waals surface area (Å²) in [6.45, 7) is 7.74. The van der Waals surface area contributed by atoms with Crippen LogP contribution in [0.3, 0.4) is 0 Å². The standard InChI is InChI=1S/C9H20N2/c1-9(2,3)11(5)8-6-7-10-4/h7H,6,8H2,1-5H3. The molecule has 0 saturated heterocycles. The number of aliphatic imine (C=N–C) groups is 1. The van der Waals surface area contributed by atoms with E-state index in [-0.39, 0.29) is 5.54 Å². The lowest BCUT2D eigenvalue weighted by molar-refractivity contribution is 0.181. The zero-order valence-corrected chi connectivity index (χ0v) is 8.39. The second-order valence-corrected chi connectivity index (χ2v) is 3.82. The lowest BCUT2D eigenvalue weighted by Crippen LogP contribution is -2.38. The summed E-state index contributed by atoms with van der Waals surface area (Å²) in [5, 5.41) is 0. The van der Waals surface area contributed by atoms with Crippen LogP contribution in [-0.2, 0) is 0 Å². The molecule has 0 radical (unpaired) electrons. The van der Waals surface area contributed by atoms with E-state index >= 15 is 0 Å². The third kappa shape index (κ3) is 4.96. The smallest absolute Gasteiger partial charge is 0.0273 e. The first-order valence-corrected chi connectivity index (χ1v) is 4.10. The summed E-state index contributed by atoms with van der Waals surface area (Å²) in [5.74, 6) is 0. The average Bonchev–Trinajstić information content (AvgIpc) is 1.86. The molecule has 0 N–H and O–H groups in total. The molecule has 2 heteroatoms. The number of hydrogen-bond acceptors (Lipinski definition) is 2. The third-order valence-corrected chi connectivity index (χ3v) is 1.92. The highest BCUT2D eigenvalue weighted by Crippen LogP contribution is 2.09. The van der Waals surface area contributed by atoms with Crippen LogP contribution in [0.25, 0.3) is 0 Å². The number of rotatable bonds is 3. The van der Waals surface area contributed by atoms with E-state index in [0.717, 1.165) is 13.0 Å². The molecule has 0 rings (SSSR count). The fraction of sp³-hybridized carbons (Fsp3) is 0.889. The van der Waals surface area contributed by atoms with Gasteiger partial charge in [0.25, 0.3) is 0 Å². The fourth-order valence-electron chi connectivity index (χ4n) is 0.716. The Labute approximate surface area is 70.3 Å². The molecule has 0 aromatic carbocycles. The van der Waals surface area contributed by atoms with Crippen molar-refractivity contribution in [2.75, 3.05) is 20.6 Å². The minimum Gasteiger partial charge on any atom is -0.301 e. The zero-order valence-electron chi connectivity index (χ0n) is 8.39. The van der Waals surface area contributed by atoms with Crippen LogP contribution in [0.15, 0.2) is 4.99 Å². The van der Waals surface area contributed by atoms with Gasteiger partial charge in [-0.15, -0.1) is 0 Å². The Morgan fingerprint density at radius 3 is 2.27 bits per heavy atom. The molecule has 0 spiro atoms. The molecule has 0 aromatic heterocycles. The zero-order chi connectivity index (χ0) is 8.91. The Morgan fingerprint density at radius 1 is 1.36 bits per heavy atom. The quantitative estimate of drug-likeness (QED) is 0.569. The minimum absolute atomic E-state index is 0.279. The van der Waals surface area contributed by atoms with Gasteiger partial charge in [-0.3, -0.25) is 0 Å². The molecule has 0 unspecified atom stereocenters. The van der Waals surface area contributed by atoms with Gasteiger partial charge in [0.05, 0.1) is 0 Å². The van der Waals surface area contributed by atoms with E-state index in [9.17, 15) is 0 Å². The van der Waals surface area contributed by atoms with Crippen molar-refractivity contribution < 1.29 is 0 Å². The van der Waals surface area contributed by atoms with Crippen molar-refractivity contribution in [3.8, 4) is 0 Å². The highest BCUT2D eigenvalue weighted by molar-refractivity contribution is 5.56. The van der Waals surface area contributed by atoms with Crippen molar-refractivity contribution in [1.82, 2.24) is 4.90 Å². The van der Waals surface area contributed by atoms with Crippen LogP contribution in [0.4, 0.5) is 0 Å². The second-order valence-electron chi connectivity index (χ2n) is 3.82. The molecule has 11 heavy (non-hydrogen) atoms. The summed E-state index contributed by atoms with van der Waals surface area (Å²) in [7, 11) is 3.96. The van der Waals surface area contributed by atoms with Crippen LogP contribution in [-0.4, -0.2) is 37.3 Å². The maximum Gasteiger partial charge on any atom is 0.0273 e. The van der Waals surface area contributed by atoms with Gasteiger partial charge >= 0.3 is 0 Å². The summed E-state index contributed by atoms with van der Waals surface area (Å²) < 4.78 is 0. The van der Waals surface area contributed by atoms with Gasteiger partial charge in [-0.25, -0.2) is 0 Å². The van der Waals surface area contributed by atoms with Gasteiger partial charge in [0.2, 0.25) is 0 Å². The molecule has 0 aliphatic rings. The molecular weight excluding hydrogens is 136 g/mol. The summed E-state index contributed by atoms with van der Waals surface area (Å²) >= 11 is 0. The molecule has 0 heterocycles. The molecule has 66 valence electrons. The number of hydrogen-bond donors (Lipinski definition) is 0. The molecule has 0 bridgehead atoms. The van der Waals surface area contributed by atoms with Crippen molar-refractivity contribution in [2.45, 2.75) is 32.7 Å². The predicted octanol–water partition coefficient (Wildman–Crippen LogP) is 1.81. The maximum absolute atomic E-state index is 3.94. The molecule has 0 aliphatic heterocycles. The molecule has 0 atom stereocenters. The normalized spacial score (nSPS) is 13.3. The van der Waals surface area contributed by atoms with Gasteiger partial charge in [-0.1, -0.05) is 0 Å². The van der Waals surface area contributed by atoms with Gasteiger partial charge in [0.15, 0.2) is 0 Å². The Bertz CT molecular complexity index is 122. The van der Waals surface area contributed by atoms with Gasteiger partial charge in [0.1, 0.15) is 0 Å². The van der Waals surface area contributed by atoms with Gasteiger partial charge in [-0.2, -0.15) is 0 Å². The van der Waals surface area contributed by atoms with Crippen LogP contribution < -0.4 is 0 Å². The van der Waals surface area contributed by atoms with Gasteiger partial charge < -0.3 is 9.89 Å².